The van der Waals surface area contributed by atoms with Crippen molar-refractivity contribution in [2.45, 2.75) is 25.9 Å². The molecule has 1 N–H and O–H groups in total. The summed E-state index contributed by atoms with van der Waals surface area (Å²) in [6.07, 6.45) is 2.60. The van der Waals surface area contributed by atoms with Crippen molar-refractivity contribution in [3.05, 3.63) is 35.7 Å². The molecule has 0 aliphatic heterocycles. The summed E-state index contributed by atoms with van der Waals surface area (Å²) in [6, 6.07) is 4.88. The highest BCUT2D eigenvalue weighted by atomic mass is 32.2. The Bertz CT molecular complexity index is 917. The summed E-state index contributed by atoms with van der Waals surface area (Å²) in [4.78, 5) is 12.7. The van der Waals surface area contributed by atoms with E-state index in [1.54, 1.807) is 38.2 Å². The number of amides is 1. The largest absolute Gasteiger partial charge is 0.497 e. The minimum absolute atomic E-state index is 0.0575. The van der Waals surface area contributed by atoms with Crippen molar-refractivity contribution < 1.29 is 26.9 Å². The van der Waals surface area contributed by atoms with E-state index in [0.29, 0.717) is 22.8 Å². The predicted octanol–water partition coefficient (Wildman–Crippen LogP) is 0.937. The summed E-state index contributed by atoms with van der Waals surface area (Å²) >= 11 is 0. The number of rotatable bonds is 9. The van der Waals surface area contributed by atoms with Crippen LogP contribution in [0, 0.1) is 0 Å². The molecule has 0 bridgehead atoms. The third kappa shape index (κ3) is 5.92. The third-order valence-corrected chi connectivity index (χ3v) is 4.43. The monoisotopic (exact) mass is 412 g/mol. The zero-order valence-electron chi connectivity index (χ0n) is 16.4. The van der Waals surface area contributed by atoms with E-state index in [2.05, 4.69) is 19.8 Å². The Labute approximate surface area is 163 Å². The van der Waals surface area contributed by atoms with Gasteiger partial charge in [-0.25, -0.2) is 4.68 Å². The molecule has 154 valence electrons. The smallest absolute Gasteiger partial charge is 0.264 e. The van der Waals surface area contributed by atoms with Crippen molar-refractivity contribution >= 4 is 16.0 Å². The maximum atomic E-state index is 12.7. The molecule has 1 amide bonds. The number of methoxy groups -OCH3 is 2. The number of carbonyl (C=O) groups is 1. The van der Waals surface area contributed by atoms with Gasteiger partial charge in [0.15, 0.2) is 0 Å². The fourth-order valence-corrected chi connectivity index (χ4v) is 2.71. The zero-order chi connectivity index (χ0) is 20.9. The summed E-state index contributed by atoms with van der Waals surface area (Å²) in [5.74, 6) is 0.662. The van der Waals surface area contributed by atoms with E-state index in [1.807, 2.05) is 0 Å². The SMILES string of the molecule is COc1cc(OC)cc(C(=O)NC(C)(C)c2cn(CCOS(C)(=O)=O)nn2)c1. The van der Waals surface area contributed by atoms with E-state index in [4.69, 9.17) is 9.47 Å². The molecule has 0 aliphatic carbocycles. The first-order valence-electron chi connectivity index (χ1n) is 8.34. The Hall–Kier alpha value is -2.66. The molecule has 0 spiro atoms. The van der Waals surface area contributed by atoms with Gasteiger partial charge >= 0.3 is 0 Å². The Morgan fingerprint density at radius 3 is 2.32 bits per heavy atom. The van der Waals surface area contributed by atoms with Crippen LogP contribution in [-0.4, -0.2) is 56.4 Å². The molecule has 0 radical (unpaired) electrons. The van der Waals surface area contributed by atoms with Crippen LogP contribution in [-0.2, 0) is 26.4 Å². The Morgan fingerprint density at radius 1 is 1.18 bits per heavy atom. The summed E-state index contributed by atoms with van der Waals surface area (Å²) < 4.78 is 38.5. The molecule has 0 saturated carbocycles. The fraction of sp³-hybridized carbons (Fsp3) is 0.471. The Kier molecular flexibility index (Phi) is 6.62. The molecule has 10 nitrogen and oxygen atoms in total. The first-order valence-corrected chi connectivity index (χ1v) is 10.2. The van der Waals surface area contributed by atoms with Gasteiger partial charge in [-0.3, -0.25) is 8.98 Å². The van der Waals surface area contributed by atoms with Crippen LogP contribution >= 0.6 is 0 Å². The molecule has 2 aromatic rings. The molecule has 0 saturated heterocycles. The van der Waals surface area contributed by atoms with Gasteiger partial charge < -0.3 is 14.8 Å². The number of nitrogens with one attached hydrogen (secondary N) is 1. The molecule has 0 aliphatic rings. The van der Waals surface area contributed by atoms with Gasteiger partial charge in [0.1, 0.15) is 17.2 Å². The highest BCUT2D eigenvalue weighted by Crippen LogP contribution is 2.24. The molecule has 0 fully saturated rings. The number of benzene rings is 1. The lowest BCUT2D eigenvalue weighted by atomic mass is 10.0. The van der Waals surface area contributed by atoms with Crippen molar-refractivity contribution in [1.82, 2.24) is 20.3 Å². The minimum Gasteiger partial charge on any atom is -0.497 e. The number of carbonyl (C=O) groups excluding carboxylic acids is 1. The standard InChI is InChI=1S/C17H24N4O6S/c1-17(2,15-11-21(20-19-15)6-7-27-28(5,23)24)18-16(22)12-8-13(25-3)10-14(9-12)26-4/h8-11H,6-7H2,1-5H3,(H,18,22). The molecule has 28 heavy (non-hydrogen) atoms. The van der Waals surface area contributed by atoms with E-state index in [-0.39, 0.29) is 19.1 Å². The molecule has 1 aromatic heterocycles. The predicted molar refractivity (Wildman–Crippen MR) is 101 cm³/mol. The third-order valence-electron chi connectivity index (χ3n) is 3.84. The van der Waals surface area contributed by atoms with Crippen molar-refractivity contribution in [1.29, 1.82) is 0 Å². The van der Waals surface area contributed by atoms with Gasteiger partial charge in [0.2, 0.25) is 0 Å². The molecule has 2 rings (SSSR count). The van der Waals surface area contributed by atoms with Crippen LogP contribution in [0.1, 0.15) is 29.9 Å². The lowest BCUT2D eigenvalue weighted by Crippen LogP contribution is -2.41. The maximum Gasteiger partial charge on any atom is 0.264 e. The van der Waals surface area contributed by atoms with Gasteiger partial charge in [0, 0.05) is 11.6 Å². The lowest BCUT2D eigenvalue weighted by Gasteiger charge is -2.24. The first kappa shape index (κ1) is 21.6. The van der Waals surface area contributed by atoms with E-state index in [1.165, 1.54) is 18.9 Å². The molecule has 0 atom stereocenters. The van der Waals surface area contributed by atoms with E-state index >= 15 is 0 Å². The summed E-state index contributed by atoms with van der Waals surface area (Å²) in [6.45, 7) is 3.71. The van der Waals surface area contributed by atoms with E-state index in [9.17, 15) is 13.2 Å². The van der Waals surface area contributed by atoms with Crippen LogP contribution in [0.4, 0.5) is 0 Å². The number of nitrogens with zero attached hydrogens (tertiary/aromatic N) is 3. The van der Waals surface area contributed by atoms with Gasteiger partial charge in [-0.05, 0) is 26.0 Å². The molecule has 0 unspecified atom stereocenters. The quantitative estimate of drug-likeness (QED) is 0.604. The maximum absolute atomic E-state index is 12.7. The average Bonchev–Trinajstić information content (AvgIpc) is 3.09. The van der Waals surface area contributed by atoms with Gasteiger partial charge in [-0.15, -0.1) is 5.10 Å². The molecule has 11 heteroatoms. The lowest BCUT2D eigenvalue weighted by molar-refractivity contribution is 0.0909. The summed E-state index contributed by atoms with van der Waals surface area (Å²) in [5, 5.41) is 10.9. The van der Waals surface area contributed by atoms with Crippen molar-refractivity contribution in [3.63, 3.8) is 0 Å². The topological polar surface area (TPSA) is 122 Å². The summed E-state index contributed by atoms with van der Waals surface area (Å²) in [5.41, 5.74) is 0.0526. The minimum atomic E-state index is -3.51. The van der Waals surface area contributed by atoms with E-state index in [0.717, 1.165) is 6.26 Å². The molecular formula is C17H24N4O6S. The highest BCUT2D eigenvalue weighted by Gasteiger charge is 2.27. The fourth-order valence-electron chi connectivity index (χ4n) is 2.33. The van der Waals surface area contributed by atoms with Crippen molar-refractivity contribution in [2.24, 2.45) is 0 Å². The Balaban J connectivity index is 2.10. The van der Waals surface area contributed by atoms with Crippen molar-refractivity contribution in [3.8, 4) is 11.5 Å². The van der Waals surface area contributed by atoms with Gasteiger partial charge in [-0.2, -0.15) is 8.42 Å². The second-order valence-corrected chi connectivity index (χ2v) is 8.22. The number of hydrogen-bond acceptors (Lipinski definition) is 8. The first-order chi connectivity index (χ1) is 13.0. The van der Waals surface area contributed by atoms with Gasteiger partial charge in [0.25, 0.3) is 16.0 Å². The normalized spacial score (nSPS) is 11.9. The molecular weight excluding hydrogens is 388 g/mol. The van der Waals surface area contributed by atoms with Crippen LogP contribution in [0.15, 0.2) is 24.4 Å². The Morgan fingerprint density at radius 2 is 1.79 bits per heavy atom. The highest BCUT2D eigenvalue weighted by molar-refractivity contribution is 7.85. The van der Waals surface area contributed by atoms with Gasteiger partial charge in [-0.1, -0.05) is 5.21 Å². The van der Waals surface area contributed by atoms with E-state index < -0.39 is 15.7 Å². The average molecular weight is 412 g/mol. The molecule has 1 aromatic carbocycles. The van der Waals surface area contributed by atoms with Crippen LogP contribution < -0.4 is 14.8 Å². The van der Waals surface area contributed by atoms with Crippen LogP contribution in [0.3, 0.4) is 0 Å². The number of aromatic nitrogens is 3. The number of hydrogen-bond donors (Lipinski definition) is 1. The van der Waals surface area contributed by atoms with Crippen LogP contribution in [0.25, 0.3) is 0 Å². The second kappa shape index (κ2) is 8.57. The second-order valence-electron chi connectivity index (χ2n) is 6.57. The van der Waals surface area contributed by atoms with Crippen LogP contribution in [0.2, 0.25) is 0 Å². The number of ether oxygens (including phenoxy) is 2. The zero-order valence-corrected chi connectivity index (χ0v) is 17.2. The summed E-state index contributed by atoms with van der Waals surface area (Å²) in [7, 11) is -0.501. The van der Waals surface area contributed by atoms with Crippen LogP contribution in [0.5, 0.6) is 11.5 Å². The van der Waals surface area contributed by atoms with Gasteiger partial charge in [0.05, 0.1) is 45.4 Å². The molecule has 1 heterocycles. The van der Waals surface area contributed by atoms with Crippen molar-refractivity contribution in [2.75, 3.05) is 27.1 Å².